The average molecular weight is 256 g/mol. The number of alkyl halides is 1. The minimum Gasteiger partial charge on any atom is -0.258 e. The highest BCUT2D eigenvalue weighted by Crippen LogP contribution is 2.26. The summed E-state index contributed by atoms with van der Waals surface area (Å²) >= 11 is 5.97. The first-order valence-electron chi connectivity index (χ1n) is 5.99. The number of benzene rings is 1. The zero-order chi connectivity index (χ0) is 12.8. The molecule has 0 aliphatic rings. The van der Waals surface area contributed by atoms with Crippen molar-refractivity contribution in [2.24, 2.45) is 0 Å². The van der Waals surface area contributed by atoms with E-state index in [1.54, 1.807) is 12.1 Å². The van der Waals surface area contributed by atoms with Crippen molar-refractivity contribution < 1.29 is 4.92 Å². The monoisotopic (exact) mass is 255 g/mol. The highest BCUT2D eigenvalue weighted by atomic mass is 35.5. The van der Waals surface area contributed by atoms with Crippen LogP contribution in [0.3, 0.4) is 0 Å². The van der Waals surface area contributed by atoms with Crippen LogP contribution in [0.1, 0.15) is 43.4 Å². The minimum absolute atomic E-state index is 0.186. The van der Waals surface area contributed by atoms with E-state index >= 15 is 0 Å². The Morgan fingerprint density at radius 2 is 1.65 bits per heavy atom. The maximum absolute atomic E-state index is 10.9. The van der Waals surface area contributed by atoms with E-state index in [2.05, 4.69) is 13.8 Å². The summed E-state index contributed by atoms with van der Waals surface area (Å²) in [5.41, 5.74) is 3.33. The van der Waals surface area contributed by atoms with Gasteiger partial charge in [-0.15, -0.1) is 11.6 Å². The van der Waals surface area contributed by atoms with Crippen LogP contribution in [0.4, 0.5) is 5.69 Å². The van der Waals surface area contributed by atoms with Gasteiger partial charge in [-0.3, -0.25) is 10.1 Å². The smallest absolute Gasteiger partial charge is 0.258 e. The number of halogens is 1. The van der Waals surface area contributed by atoms with Gasteiger partial charge in [0.25, 0.3) is 5.69 Å². The third-order valence-electron chi connectivity index (χ3n) is 2.80. The summed E-state index contributed by atoms with van der Waals surface area (Å²) in [6, 6.07) is 3.33. The molecule has 0 saturated carbocycles. The summed E-state index contributed by atoms with van der Waals surface area (Å²) in [5.74, 6) is 0.433. The molecule has 0 aromatic heterocycles. The Morgan fingerprint density at radius 3 is 1.94 bits per heavy atom. The van der Waals surface area contributed by atoms with Gasteiger partial charge in [-0.05, 0) is 29.5 Å². The molecule has 1 aromatic rings. The topological polar surface area (TPSA) is 43.1 Å². The van der Waals surface area contributed by atoms with E-state index < -0.39 is 0 Å². The standard InChI is InChI=1S/C13H18ClNO2/c1-3-5-10-7-12(15(16)17)8-11(6-4-2)13(10)9-14/h7-8H,3-6,9H2,1-2H3. The molecule has 0 aliphatic heterocycles. The summed E-state index contributed by atoms with van der Waals surface area (Å²) in [5, 5.41) is 10.9. The number of non-ortho nitro benzene ring substituents is 1. The van der Waals surface area contributed by atoms with Crippen LogP contribution in [0.15, 0.2) is 12.1 Å². The third-order valence-corrected chi connectivity index (χ3v) is 3.07. The lowest BCUT2D eigenvalue weighted by atomic mass is 9.95. The van der Waals surface area contributed by atoms with Crippen LogP contribution >= 0.6 is 11.6 Å². The van der Waals surface area contributed by atoms with Crippen LogP contribution in [-0.4, -0.2) is 4.92 Å². The number of rotatable bonds is 6. The molecule has 0 saturated heterocycles. The highest BCUT2D eigenvalue weighted by Gasteiger charge is 2.14. The summed E-state index contributed by atoms with van der Waals surface area (Å²) in [6.07, 6.45) is 3.63. The second-order valence-electron chi connectivity index (χ2n) is 4.13. The molecule has 0 aliphatic carbocycles. The van der Waals surface area contributed by atoms with Crippen LogP contribution in [0, 0.1) is 10.1 Å². The zero-order valence-corrected chi connectivity index (χ0v) is 11.1. The number of nitro benzene ring substituents is 1. The first-order chi connectivity index (χ1) is 8.13. The van der Waals surface area contributed by atoms with Crippen molar-refractivity contribution in [2.75, 3.05) is 0 Å². The fraction of sp³-hybridized carbons (Fsp3) is 0.538. The number of hydrogen-bond donors (Lipinski definition) is 0. The Labute approximate surface area is 107 Å². The molecule has 94 valence electrons. The Kier molecular flexibility index (Phi) is 5.42. The predicted molar refractivity (Wildman–Crippen MR) is 70.6 cm³/mol. The van der Waals surface area contributed by atoms with Gasteiger partial charge in [0.2, 0.25) is 0 Å². The maximum Gasteiger partial charge on any atom is 0.269 e. The van der Waals surface area contributed by atoms with E-state index in [9.17, 15) is 10.1 Å². The minimum atomic E-state index is -0.323. The summed E-state index contributed by atoms with van der Waals surface area (Å²) < 4.78 is 0. The molecule has 17 heavy (non-hydrogen) atoms. The average Bonchev–Trinajstić information content (AvgIpc) is 2.29. The zero-order valence-electron chi connectivity index (χ0n) is 10.3. The molecule has 0 bridgehead atoms. The molecule has 3 nitrogen and oxygen atoms in total. The van der Waals surface area contributed by atoms with Gasteiger partial charge in [0.1, 0.15) is 0 Å². The maximum atomic E-state index is 10.9. The Hall–Kier alpha value is -1.09. The van der Waals surface area contributed by atoms with Crippen molar-refractivity contribution >= 4 is 17.3 Å². The van der Waals surface area contributed by atoms with Gasteiger partial charge in [0.15, 0.2) is 0 Å². The van der Waals surface area contributed by atoms with Gasteiger partial charge in [-0.2, -0.15) is 0 Å². The second kappa shape index (κ2) is 6.60. The van der Waals surface area contributed by atoms with E-state index in [4.69, 9.17) is 11.6 Å². The molecular formula is C13H18ClNO2. The normalized spacial score (nSPS) is 10.5. The Balaban J connectivity index is 3.28. The lowest BCUT2D eigenvalue weighted by Gasteiger charge is -2.12. The van der Waals surface area contributed by atoms with Gasteiger partial charge in [-0.1, -0.05) is 26.7 Å². The lowest BCUT2D eigenvalue weighted by molar-refractivity contribution is -0.385. The van der Waals surface area contributed by atoms with Crippen LogP contribution in [0.2, 0.25) is 0 Å². The molecule has 0 amide bonds. The van der Waals surface area contributed by atoms with Crippen molar-refractivity contribution in [1.82, 2.24) is 0 Å². The van der Waals surface area contributed by atoms with Gasteiger partial charge < -0.3 is 0 Å². The molecule has 0 fully saturated rings. The van der Waals surface area contributed by atoms with Crippen molar-refractivity contribution in [1.29, 1.82) is 0 Å². The molecule has 0 spiro atoms. The number of nitrogens with zero attached hydrogens (tertiary/aromatic N) is 1. The first kappa shape index (κ1) is 14.0. The molecule has 4 heteroatoms. The summed E-state index contributed by atoms with van der Waals surface area (Å²) in [6.45, 7) is 4.13. The van der Waals surface area contributed by atoms with E-state index in [1.807, 2.05) is 0 Å². The second-order valence-corrected chi connectivity index (χ2v) is 4.40. The molecule has 0 heterocycles. The van der Waals surface area contributed by atoms with Gasteiger partial charge in [-0.25, -0.2) is 0 Å². The van der Waals surface area contributed by atoms with Gasteiger partial charge >= 0.3 is 0 Å². The molecule has 1 rings (SSSR count). The summed E-state index contributed by atoms with van der Waals surface area (Å²) in [7, 11) is 0. The van der Waals surface area contributed by atoms with Crippen LogP contribution in [-0.2, 0) is 18.7 Å². The van der Waals surface area contributed by atoms with Crippen LogP contribution < -0.4 is 0 Å². The van der Waals surface area contributed by atoms with Crippen molar-refractivity contribution in [2.45, 2.75) is 45.4 Å². The summed E-state index contributed by atoms with van der Waals surface area (Å²) in [4.78, 5) is 10.6. The van der Waals surface area contributed by atoms with Crippen molar-refractivity contribution in [3.8, 4) is 0 Å². The predicted octanol–water partition coefficient (Wildman–Crippen LogP) is 4.24. The molecule has 0 atom stereocenters. The number of nitro groups is 1. The van der Waals surface area contributed by atoms with Crippen LogP contribution in [0.5, 0.6) is 0 Å². The SMILES string of the molecule is CCCc1cc([N+](=O)[O-])cc(CCC)c1CCl. The van der Waals surface area contributed by atoms with Gasteiger partial charge in [0, 0.05) is 18.0 Å². The molecular weight excluding hydrogens is 238 g/mol. The largest absolute Gasteiger partial charge is 0.269 e. The molecule has 0 radical (unpaired) electrons. The van der Waals surface area contributed by atoms with Crippen LogP contribution in [0.25, 0.3) is 0 Å². The first-order valence-corrected chi connectivity index (χ1v) is 6.52. The van der Waals surface area contributed by atoms with E-state index in [0.29, 0.717) is 5.88 Å². The Bertz CT molecular complexity index is 377. The lowest BCUT2D eigenvalue weighted by Crippen LogP contribution is -2.01. The van der Waals surface area contributed by atoms with E-state index in [0.717, 1.165) is 42.4 Å². The molecule has 0 unspecified atom stereocenters. The number of hydrogen-bond acceptors (Lipinski definition) is 2. The van der Waals surface area contributed by atoms with Crippen molar-refractivity contribution in [3.05, 3.63) is 38.9 Å². The molecule has 0 N–H and O–H groups in total. The van der Waals surface area contributed by atoms with E-state index in [-0.39, 0.29) is 10.6 Å². The van der Waals surface area contributed by atoms with E-state index in [1.165, 1.54) is 0 Å². The number of aryl methyl sites for hydroxylation is 2. The van der Waals surface area contributed by atoms with Crippen molar-refractivity contribution in [3.63, 3.8) is 0 Å². The fourth-order valence-electron chi connectivity index (χ4n) is 2.04. The molecule has 1 aromatic carbocycles. The quantitative estimate of drug-likeness (QED) is 0.434. The third kappa shape index (κ3) is 3.43. The fourth-order valence-corrected chi connectivity index (χ4v) is 2.38. The Morgan fingerprint density at radius 1 is 1.18 bits per heavy atom. The van der Waals surface area contributed by atoms with Gasteiger partial charge in [0.05, 0.1) is 4.92 Å². The highest BCUT2D eigenvalue weighted by molar-refractivity contribution is 6.17.